The van der Waals surface area contributed by atoms with Gasteiger partial charge in [0.05, 0.1) is 17.8 Å². The summed E-state index contributed by atoms with van der Waals surface area (Å²) in [6.45, 7) is 0.0849. The molecule has 0 bridgehead atoms. The Morgan fingerprint density at radius 3 is 2.46 bits per heavy atom. The number of hydrogen-bond acceptors (Lipinski definition) is 5. The highest BCUT2D eigenvalue weighted by Gasteiger charge is 2.17. The Morgan fingerprint density at radius 1 is 1.08 bits per heavy atom. The predicted octanol–water partition coefficient (Wildman–Crippen LogP) is 3.79. The fourth-order valence-corrected chi connectivity index (χ4v) is 2.76. The zero-order chi connectivity index (χ0) is 18.8. The molecule has 0 fully saturated rings. The second kappa shape index (κ2) is 7.23. The van der Waals surface area contributed by atoms with Gasteiger partial charge in [-0.3, -0.25) is 0 Å². The second-order valence-corrected chi connectivity index (χ2v) is 5.85. The Morgan fingerprint density at radius 2 is 1.85 bits per heavy atom. The first-order valence-corrected chi connectivity index (χ1v) is 7.98. The smallest absolute Gasteiger partial charge is 0.162 e. The van der Waals surface area contributed by atoms with Crippen molar-refractivity contribution < 1.29 is 13.5 Å². The van der Waals surface area contributed by atoms with Crippen LogP contribution < -0.4 is 16.2 Å². The summed E-state index contributed by atoms with van der Waals surface area (Å²) in [5.41, 5.74) is 13.6. The molecule has 0 atom stereocenters. The van der Waals surface area contributed by atoms with Crippen LogP contribution in [0.3, 0.4) is 0 Å². The van der Waals surface area contributed by atoms with Crippen LogP contribution in [0.4, 0.5) is 14.6 Å². The molecule has 2 aromatic carbocycles. The quantitative estimate of drug-likeness (QED) is 0.723. The highest BCUT2D eigenvalue weighted by molar-refractivity contribution is 6.33. The van der Waals surface area contributed by atoms with E-state index in [0.717, 1.165) is 12.1 Å². The molecule has 0 aliphatic heterocycles. The van der Waals surface area contributed by atoms with Gasteiger partial charge in [-0.05, 0) is 36.4 Å². The Hall–Kier alpha value is -2.77. The minimum atomic E-state index is -1.00. The number of halogens is 3. The van der Waals surface area contributed by atoms with Gasteiger partial charge < -0.3 is 16.2 Å². The number of nitrogens with two attached hydrogens (primary N) is 2. The number of aromatic nitrogens is 2. The molecule has 4 N–H and O–H groups in total. The lowest BCUT2D eigenvalue weighted by molar-refractivity contribution is 0.415. The number of nitrogens with zero attached hydrogens (tertiary/aromatic N) is 2. The lowest BCUT2D eigenvalue weighted by Gasteiger charge is -2.14. The highest BCUT2D eigenvalue weighted by atomic mass is 35.5. The summed E-state index contributed by atoms with van der Waals surface area (Å²) >= 11 is 6.34. The van der Waals surface area contributed by atoms with Crippen LogP contribution >= 0.6 is 11.6 Å². The average Bonchev–Trinajstić information content (AvgIpc) is 2.63. The van der Waals surface area contributed by atoms with Crippen LogP contribution in [-0.2, 0) is 6.54 Å². The minimum absolute atomic E-state index is 0.0849. The summed E-state index contributed by atoms with van der Waals surface area (Å²) in [5, 5.41) is 0.383. The first-order chi connectivity index (χ1) is 12.4. The molecule has 3 aromatic rings. The Labute approximate surface area is 153 Å². The molecule has 26 heavy (non-hydrogen) atoms. The number of benzene rings is 2. The molecule has 1 aromatic heterocycles. The average molecular weight is 377 g/mol. The molecule has 0 radical (unpaired) electrons. The summed E-state index contributed by atoms with van der Waals surface area (Å²) in [6, 6.07) is 8.45. The van der Waals surface area contributed by atoms with Crippen molar-refractivity contribution in [3.63, 3.8) is 0 Å². The van der Waals surface area contributed by atoms with Gasteiger partial charge in [-0.1, -0.05) is 11.6 Å². The molecule has 0 aliphatic carbocycles. The van der Waals surface area contributed by atoms with E-state index in [2.05, 4.69) is 9.97 Å². The molecule has 134 valence electrons. The SMILES string of the molecule is COc1ccc(-c2nc(-c3ccc(F)c(F)c3)nc(N)c2CN)c(Cl)c1. The third-order valence-electron chi connectivity index (χ3n) is 3.85. The van der Waals surface area contributed by atoms with Gasteiger partial charge in [0.2, 0.25) is 0 Å². The Kier molecular flexibility index (Phi) is 5.01. The number of hydrogen-bond donors (Lipinski definition) is 2. The number of anilines is 1. The second-order valence-electron chi connectivity index (χ2n) is 5.44. The number of ether oxygens (including phenoxy) is 1. The van der Waals surface area contributed by atoms with Gasteiger partial charge in [-0.2, -0.15) is 0 Å². The molecule has 0 amide bonds. The lowest BCUT2D eigenvalue weighted by atomic mass is 10.0. The number of nitrogen functional groups attached to an aromatic ring is 1. The summed E-state index contributed by atoms with van der Waals surface area (Å²) in [5.74, 6) is -1.10. The molecule has 0 spiro atoms. The molecule has 1 heterocycles. The van der Waals surface area contributed by atoms with Gasteiger partial charge in [0, 0.05) is 23.2 Å². The van der Waals surface area contributed by atoms with E-state index in [1.54, 1.807) is 18.2 Å². The van der Waals surface area contributed by atoms with E-state index < -0.39 is 11.6 Å². The summed E-state index contributed by atoms with van der Waals surface area (Å²) in [4.78, 5) is 8.61. The van der Waals surface area contributed by atoms with E-state index in [1.165, 1.54) is 13.2 Å². The maximum Gasteiger partial charge on any atom is 0.162 e. The molecular formula is C18H15ClF2N4O. The predicted molar refractivity (Wildman–Crippen MR) is 96.7 cm³/mol. The van der Waals surface area contributed by atoms with Crippen LogP contribution in [-0.4, -0.2) is 17.1 Å². The van der Waals surface area contributed by atoms with E-state index in [0.29, 0.717) is 27.6 Å². The van der Waals surface area contributed by atoms with Crippen LogP contribution in [0.5, 0.6) is 5.75 Å². The van der Waals surface area contributed by atoms with Crippen LogP contribution in [0.15, 0.2) is 36.4 Å². The largest absolute Gasteiger partial charge is 0.497 e. The first-order valence-electron chi connectivity index (χ1n) is 7.60. The van der Waals surface area contributed by atoms with Crippen molar-refractivity contribution in [2.45, 2.75) is 6.54 Å². The van der Waals surface area contributed by atoms with Crippen molar-refractivity contribution in [3.8, 4) is 28.4 Å². The normalized spacial score (nSPS) is 10.8. The van der Waals surface area contributed by atoms with Crippen molar-refractivity contribution in [2.24, 2.45) is 5.73 Å². The summed E-state index contributed by atoms with van der Waals surface area (Å²) in [7, 11) is 1.53. The summed E-state index contributed by atoms with van der Waals surface area (Å²) < 4.78 is 31.9. The zero-order valence-electron chi connectivity index (χ0n) is 13.8. The van der Waals surface area contributed by atoms with Gasteiger partial charge in [0.15, 0.2) is 17.5 Å². The van der Waals surface area contributed by atoms with Gasteiger partial charge in [-0.15, -0.1) is 0 Å². The molecule has 0 aliphatic rings. The fourth-order valence-electron chi connectivity index (χ4n) is 2.50. The third kappa shape index (κ3) is 3.31. The molecule has 0 unspecified atom stereocenters. The molecule has 5 nitrogen and oxygen atoms in total. The standard InChI is InChI=1S/C18H15ClF2N4O/c1-26-10-3-4-11(13(19)7-10)16-12(8-22)17(23)25-18(24-16)9-2-5-14(20)15(21)6-9/h2-7H,8,22H2,1H3,(H2,23,24,25). The number of methoxy groups -OCH3 is 1. The third-order valence-corrected chi connectivity index (χ3v) is 4.17. The van der Waals surface area contributed by atoms with Crippen molar-refractivity contribution in [3.05, 3.63) is 58.6 Å². The van der Waals surface area contributed by atoms with E-state index in [-0.39, 0.29) is 23.8 Å². The maximum absolute atomic E-state index is 13.6. The van der Waals surface area contributed by atoms with Crippen LogP contribution in [0.1, 0.15) is 5.56 Å². The van der Waals surface area contributed by atoms with Crippen LogP contribution in [0, 0.1) is 11.6 Å². The highest BCUT2D eigenvalue weighted by Crippen LogP contribution is 2.34. The molecule has 3 rings (SSSR count). The van der Waals surface area contributed by atoms with Crippen LogP contribution in [0.2, 0.25) is 5.02 Å². The van der Waals surface area contributed by atoms with Gasteiger partial charge >= 0.3 is 0 Å². The lowest BCUT2D eigenvalue weighted by Crippen LogP contribution is -2.09. The van der Waals surface area contributed by atoms with Crippen LogP contribution in [0.25, 0.3) is 22.6 Å². The first kappa shape index (κ1) is 18.0. The van der Waals surface area contributed by atoms with Crippen molar-refractivity contribution in [1.82, 2.24) is 9.97 Å². The van der Waals surface area contributed by atoms with Gasteiger partial charge in [0.1, 0.15) is 11.6 Å². The van der Waals surface area contributed by atoms with Crippen molar-refractivity contribution in [1.29, 1.82) is 0 Å². The van der Waals surface area contributed by atoms with E-state index in [4.69, 9.17) is 27.8 Å². The maximum atomic E-state index is 13.6. The number of rotatable bonds is 4. The van der Waals surface area contributed by atoms with E-state index in [1.807, 2.05) is 0 Å². The Balaban J connectivity index is 2.21. The molecular weight excluding hydrogens is 362 g/mol. The molecule has 0 saturated carbocycles. The van der Waals surface area contributed by atoms with Crippen molar-refractivity contribution in [2.75, 3.05) is 12.8 Å². The fraction of sp³-hybridized carbons (Fsp3) is 0.111. The van der Waals surface area contributed by atoms with E-state index in [9.17, 15) is 8.78 Å². The minimum Gasteiger partial charge on any atom is -0.497 e. The monoisotopic (exact) mass is 376 g/mol. The topological polar surface area (TPSA) is 87.0 Å². The zero-order valence-corrected chi connectivity index (χ0v) is 14.5. The van der Waals surface area contributed by atoms with E-state index >= 15 is 0 Å². The summed E-state index contributed by atoms with van der Waals surface area (Å²) in [6.07, 6.45) is 0. The van der Waals surface area contributed by atoms with Gasteiger partial charge in [-0.25, -0.2) is 18.7 Å². The molecule has 0 saturated heterocycles. The Bertz CT molecular complexity index is 982. The van der Waals surface area contributed by atoms with Gasteiger partial charge in [0.25, 0.3) is 0 Å². The molecule has 8 heteroatoms. The van der Waals surface area contributed by atoms with Crippen molar-refractivity contribution >= 4 is 17.4 Å².